The zero-order chi connectivity index (χ0) is 14.8. The van der Waals surface area contributed by atoms with Crippen molar-refractivity contribution in [2.24, 2.45) is 0 Å². The van der Waals surface area contributed by atoms with Crippen molar-refractivity contribution in [2.45, 2.75) is 52.0 Å². The molecule has 0 saturated carbocycles. The lowest BCUT2D eigenvalue weighted by molar-refractivity contribution is 0.0678. The van der Waals surface area contributed by atoms with Crippen LogP contribution in [0.3, 0.4) is 0 Å². The van der Waals surface area contributed by atoms with E-state index in [-0.39, 0.29) is 5.91 Å². The lowest BCUT2D eigenvalue weighted by atomic mass is 10.1. The van der Waals surface area contributed by atoms with Crippen molar-refractivity contribution in [3.63, 3.8) is 0 Å². The summed E-state index contributed by atoms with van der Waals surface area (Å²) in [5, 5.41) is 0. The molecule has 4 nitrogen and oxygen atoms in total. The number of nitrogens with one attached hydrogen (secondary N) is 1. The molecule has 1 atom stereocenters. The van der Waals surface area contributed by atoms with E-state index in [1.165, 1.54) is 12.8 Å². The Kier molecular flexibility index (Phi) is 3.95. The van der Waals surface area contributed by atoms with Crippen LogP contribution in [0, 0.1) is 6.92 Å². The van der Waals surface area contributed by atoms with Crippen LogP contribution in [0.15, 0.2) is 18.2 Å². The van der Waals surface area contributed by atoms with Gasteiger partial charge >= 0.3 is 0 Å². The van der Waals surface area contributed by atoms with Crippen molar-refractivity contribution in [3.8, 4) is 0 Å². The van der Waals surface area contributed by atoms with Crippen molar-refractivity contribution in [2.75, 3.05) is 6.54 Å². The molecule has 3 rings (SSSR count). The van der Waals surface area contributed by atoms with Gasteiger partial charge in [0, 0.05) is 18.2 Å². The maximum atomic E-state index is 12.9. The molecule has 1 fully saturated rings. The number of aryl methyl sites for hydroxylation is 1. The average Bonchev–Trinajstić information content (AvgIpc) is 2.71. The number of carbonyl (C=O) groups excluding carboxylic acids is 1. The molecule has 1 amide bonds. The van der Waals surface area contributed by atoms with Gasteiger partial charge in [0.05, 0.1) is 11.0 Å². The molecule has 1 aliphatic rings. The lowest BCUT2D eigenvalue weighted by Gasteiger charge is -2.29. The van der Waals surface area contributed by atoms with Gasteiger partial charge in [0.15, 0.2) is 0 Å². The second kappa shape index (κ2) is 5.88. The first-order valence-corrected chi connectivity index (χ1v) is 7.96. The van der Waals surface area contributed by atoms with E-state index in [1.807, 2.05) is 25.1 Å². The summed E-state index contributed by atoms with van der Waals surface area (Å²) in [4.78, 5) is 22.5. The van der Waals surface area contributed by atoms with Crippen molar-refractivity contribution in [1.29, 1.82) is 0 Å². The van der Waals surface area contributed by atoms with Crippen molar-refractivity contribution in [1.82, 2.24) is 14.9 Å². The van der Waals surface area contributed by atoms with Gasteiger partial charge in [-0.2, -0.15) is 0 Å². The molecule has 1 saturated heterocycles. The maximum absolute atomic E-state index is 12.9. The van der Waals surface area contributed by atoms with Crippen LogP contribution in [0.2, 0.25) is 0 Å². The van der Waals surface area contributed by atoms with Gasteiger partial charge in [0.25, 0.3) is 5.91 Å². The summed E-state index contributed by atoms with van der Waals surface area (Å²) in [6.45, 7) is 5.00. The van der Waals surface area contributed by atoms with Gasteiger partial charge < -0.3 is 9.88 Å². The number of likely N-dealkylation sites (tertiary alicyclic amines) is 1. The number of imidazole rings is 1. The number of rotatable bonds is 2. The number of aromatic nitrogens is 2. The highest BCUT2D eigenvalue weighted by atomic mass is 16.2. The quantitative estimate of drug-likeness (QED) is 0.915. The van der Waals surface area contributed by atoms with Crippen LogP contribution in [-0.4, -0.2) is 33.4 Å². The van der Waals surface area contributed by atoms with Crippen LogP contribution in [-0.2, 0) is 0 Å². The number of benzene rings is 1. The molecule has 1 N–H and O–H groups in total. The largest absolute Gasteiger partial charge is 0.342 e. The number of H-pyrrole nitrogens is 1. The second-order valence-corrected chi connectivity index (χ2v) is 5.96. The Labute approximate surface area is 125 Å². The topological polar surface area (TPSA) is 49.0 Å². The molecule has 4 heteroatoms. The fourth-order valence-corrected chi connectivity index (χ4v) is 3.31. The predicted octanol–water partition coefficient (Wildman–Crippen LogP) is 3.67. The molecular weight excluding hydrogens is 262 g/mol. The SMILES string of the molecule is CC[C@@H]1CCCCCN1C(=O)c1ccc2nc(C)[nH]c2c1. The number of hydrogen-bond acceptors (Lipinski definition) is 2. The summed E-state index contributed by atoms with van der Waals surface area (Å²) in [5.41, 5.74) is 2.64. The molecule has 0 radical (unpaired) electrons. The van der Waals surface area contributed by atoms with Crippen LogP contribution in [0.5, 0.6) is 0 Å². The van der Waals surface area contributed by atoms with Crippen LogP contribution >= 0.6 is 0 Å². The van der Waals surface area contributed by atoms with E-state index >= 15 is 0 Å². The summed E-state index contributed by atoms with van der Waals surface area (Å²) in [7, 11) is 0. The fourth-order valence-electron chi connectivity index (χ4n) is 3.31. The minimum atomic E-state index is 0.165. The van der Waals surface area contributed by atoms with Crippen LogP contribution in [0.4, 0.5) is 0 Å². The molecule has 1 aromatic heterocycles. The molecule has 112 valence electrons. The molecule has 0 unspecified atom stereocenters. The Hall–Kier alpha value is -1.84. The van der Waals surface area contributed by atoms with Gasteiger partial charge in [-0.25, -0.2) is 4.98 Å². The first-order chi connectivity index (χ1) is 10.2. The zero-order valence-electron chi connectivity index (χ0n) is 12.9. The molecule has 21 heavy (non-hydrogen) atoms. The second-order valence-electron chi connectivity index (χ2n) is 5.96. The highest BCUT2D eigenvalue weighted by Gasteiger charge is 2.25. The Balaban J connectivity index is 1.90. The third-order valence-corrected chi connectivity index (χ3v) is 4.46. The Morgan fingerprint density at radius 2 is 2.24 bits per heavy atom. The number of carbonyl (C=O) groups is 1. The van der Waals surface area contributed by atoms with E-state index < -0.39 is 0 Å². The van der Waals surface area contributed by atoms with Gasteiger partial charge in [-0.3, -0.25) is 4.79 Å². The van der Waals surface area contributed by atoms with Gasteiger partial charge in [-0.05, 0) is 44.4 Å². The number of aromatic amines is 1. The molecule has 0 spiro atoms. The maximum Gasteiger partial charge on any atom is 0.254 e. The minimum Gasteiger partial charge on any atom is -0.342 e. The minimum absolute atomic E-state index is 0.165. The lowest BCUT2D eigenvalue weighted by Crippen LogP contribution is -2.39. The average molecular weight is 285 g/mol. The van der Waals surface area contributed by atoms with Crippen LogP contribution < -0.4 is 0 Å². The fraction of sp³-hybridized carbons (Fsp3) is 0.529. The third-order valence-electron chi connectivity index (χ3n) is 4.46. The normalized spacial score (nSPS) is 19.7. The molecule has 0 aliphatic carbocycles. The Morgan fingerprint density at radius 1 is 1.38 bits per heavy atom. The Bertz CT molecular complexity index is 647. The summed E-state index contributed by atoms with van der Waals surface area (Å²) in [6.07, 6.45) is 5.76. The van der Waals surface area contributed by atoms with E-state index in [0.717, 1.165) is 48.2 Å². The highest BCUT2D eigenvalue weighted by Crippen LogP contribution is 2.22. The smallest absolute Gasteiger partial charge is 0.254 e. The summed E-state index contributed by atoms with van der Waals surface area (Å²) < 4.78 is 0. The van der Waals surface area contributed by atoms with Gasteiger partial charge in [0.1, 0.15) is 5.82 Å². The van der Waals surface area contributed by atoms with E-state index in [0.29, 0.717) is 6.04 Å². The number of amides is 1. The van der Waals surface area contributed by atoms with Gasteiger partial charge in [-0.1, -0.05) is 19.8 Å². The number of nitrogens with zero attached hydrogens (tertiary/aromatic N) is 2. The van der Waals surface area contributed by atoms with Crippen molar-refractivity contribution >= 4 is 16.9 Å². The predicted molar refractivity (Wildman–Crippen MR) is 84.4 cm³/mol. The van der Waals surface area contributed by atoms with E-state index in [2.05, 4.69) is 21.8 Å². The summed E-state index contributed by atoms with van der Waals surface area (Å²) in [6, 6.07) is 6.17. The molecule has 0 bridgehead atoms. The zero-order valence-corrected chi connectivity index (χ0v) is 12.9. The summed E-state index contributed by atoms with van der Waals surface area (Å²) in [5.74, 6) is 1.05. The van der Waals surface area contributed by atoms with Gasteiger partial charge in [-0.15, -0.1) is 0 Å². The van der Waals surface area contributed by atoms with E-state index in [9.17, 15) is 4.79 Å². The molecule has 2 heterocycles. The molecule has 2 aromatic rings. The first-order valence-electron chi connectivity index (χ1n) is 7.96. The van der Waals surface area contributed by atoms with Gasteiger partial charge in [0.2, 0.25) is 0 Å². The van der Waals surface area contributed by atoms with Crippen molar-refractivity contribution in [3.05, 3.63) is 29.6 Å². The van der Waals surface area contributed by atoms with E-state index in [1.54, 1.807) is 0 Å². The van der Waals surface area contributed by atoms with Crippen LogP contribution in [0.25, 0.3) is 11.0 Å². The Morgan fingerprint density at radius 3 is 3.05 bits per heavy atom. The highest BCUT2D eigenvalue weighted by molar-refractivity contribution is 5.97. The standard InChI is InChI=1S/C17H23N3O/c1-3-14-7-5-4-6-10-20(14)17(21)13-8-9-15-16(11-13)19-12(2)18-15/h8-9,11,14H,3-7,10H2,1-2H3,(H,18,19)/t14-/m1/s1. The summed E-state index contributed by atoms with van der Waals surface area (Å²) >= 11 is 0. The number of hydrogen-bond donors (Lipinski definition) is 1. The molecule has 1 aliphatic heterocycles. The van der Waals surface area contributed by atoms with Crippen molar-refractivity contribution < 1.29 is 4.79 Å². The van der Waals surface area contributed by atoms with E-state index in [4.69, 9.17) is 0 Å². The monoisotopic (exact) mass is 285 g/mol. The molecule has 1 aromatic carbocycles. The first kappa shape index (κ1) is 14.1. The number of fused-ring (bicyclic) bond motifs is 1. The third kappa shape index (κ3) is 2.80. The molecular formula is C17H23N3O. The van der Waals surface area contributed by atoms with Crippen LogP contribution in [0.1, 0.15) is 55.2 Å².